The van der Waals surface area contributed by atoms with Gasteiger partial charge in [-0.2, -0.15) is 0 Å². The summed E-state index contributed by atoms with van der Waals surface area (Å²) in [4.78, 5) is 6.55. The van der Waals surface area contributed by atoms with Crippen LogP contribution < -0.4 is 5.32 Å². The molecule has 0 saturated heterocycles. The van der Waals surface area contributed by atoms with E-state index in [1.165, 1.54) is 31.2 Å². The van der Waals surface area contributed by atoms with E-state index in [1.807, 2.05) is 18.5 Å². The standard InChI is InChI=1S/C15H25N3/c1-13(10-17-15-7-3-4-8-15)18(2)12-14-6-5-9-16-11-14/h5-6,9,11,13,15,17H,3-4,7-8,10,12H2,1-2H3. The largest absolute Gasteiger partial charge is 0.312 e. The van der Waals surface area contributed by atoms with Gasteiger partial charge in [0.1, 0.15) is 0 Å². The van der Waals surface area contributed by atoms with Crippen LogP contribution in [-0.4, -0.2) is 35.6 Å². The van der Waals surface area contributed by atoms with Crippen molar-refractivity contribution >= 4 is 0 Å². The van der Waals surface area contributed by atoms with Crippen LogP contribution in [-0.2, 0) is 6.54 Å². The van der Waals surface area contributed by atoms with E-state index in [1.54, 1.807) is 0 Å². The molecule has 1 fully saturated rings. The molecule has 0 amide bonds. The monoisotopic (exact) mass is 247 g/mol. The molecule has 1 aromatic heterocycles. The molecular weight excluding hydrogens is 222 g/mol. The molecule has 0 aliphatic heterocycles. The Morgan fingerprint density at radius 2 is 2.22 bits per heavy atom. The molecule has 0 aromatic carbocycles. The average Bonchev–Trinajstić information content (AvgIpc) is 2.90. The second-order valence-electron chi connectivity index (χ2n) is 5.52. The topological polar surface area (TPSA) is 28.2 Å². The first-order chi connectivity index (χ1) is 8.75. The number of nitrogens with zero attached hydrogens (tertiary/aromatic N) is 2. The minimum atomic E-state index is 0.561. The molecule has 100 valence electrons. The van der Waals surface area contributed by atoms with Crippen molar-refractivity contribution < 1.29 is 0 Å². The lowest BCUT2D eigenvalue weighted by Gasteiger charge is -2.26. The van der Waals surface area contributed by atoms with Crippen molar-refractivity contribution in [2.75, 3.05) is 13.6 Å². The third-order valence-electron chi connectivity index (χ3n) is 3.96. The van der Waals surface area contributed by atoms with Crippen molar-refractivity contribution in [2.45, 2.75) is 51.2 Å². The van der Waals surface area contributed by atoms with Gasteiger partial charge in [0.15, 0.2) is 0 Å². The maximum Gasteiger partial charge on any atom is 0.0312 e. The van der Waals surface area contributed by atoms with Crippen LogP contribution in [0.1, 0.15) is 38.2 Å². The predicted octanol–water partition coefficient (Wildman–Crippen LogP) is 2.43. The van der Waals surface area contributed by atoms with Crippen molar-refractivity contribution in [3.05, 3.63) is 30.1 Å². The second-order valence-corrected chi connectivity index (χ2v) is 5.52. The van der Waals surface area contributed by atoms with Crippen LogP contribution in [0, 0.1) is 0 Å². The lowest BCUT2D eigenvalue weighted by molar-refractivity contribution is 0.237. The van der Waals surface area contributed by atoms with E-state index in [2.05, 4.69) is 35.2 Å². The molecule has 0 radical (unpaired) electrons. The highest BCUT2D eigenvalue weighted by Gasteiger charge is 2.16. The Morgan fingerprint density at radius 3 is 2.89 bits per heavy atom. The number of hydrogen-bond donors (Lipinski definition) is 1. The van der Waals surface area contributed by atoms with E-state index in [-0.39, 0.29) is 0 Å². The van der Waals surface area contributed by atoms with E-state index in [4.69, 9.17) is 0 Å². The molecule has 0 bridgehead atoms. The van der Waals surface area contributed by atoms with Crippen molar-refractivity contribution in [3.63, 3.8) is 0 Å². The summed E-state index contributed by atoms with van der Waals surface area (Å²) in [6, 6.07) is 5.47. The molecule has 1 unspecified atom stereocenters. The average molecular weight is 247 g/mol. The molecule has 18 heavy (non-hydrogen) atoms. The van der Waals surface area contributed by atoms with Gasteiger partial charge in [0, 0.05) is 37.6 Å². The first-order valence-electron chi connectivity index (χ1n) is 7.08. The van der Waals surface area contributed by atoms with E-state index in [9.17, 15) is 0 Å². The highest BCUT2D eigenvalue weighted by Crippen LogP contribution is 2.17. The number of nitrogens with one attached hydrogen (secondary N) is 1. The van der Waals surface area contributed by atoms with Crippen molar-refractivity contribution in [3.8, 4) is 0 Å². The van der Waals surface area contributed by atoms with Gasteiger partial charge >= 0.3 is 0 Å². The van der Waals surface area contributed by atoms with E-state index < -0.39 is 0 Å². The fourth-order valence-corrected chi connectivity index (χ4v) is 2.56. The minimum absolute atomic E-state index is 0.561. The molecule has 1 aliphatic rings. The van der Waals surface area contributed by atoms with Crippen LogP contribution in [0.5, 0.6) is 0 Å². The third kappa shape index (κ3) is 4.07. The van der Waals surface area contributed by atoms with Gasteiger partial charge in [-0.3, -0.25) is 9.88 Å². The molecule has 1 N–H and O–H groups in total. The zero-order chi connectivity index (χ0) is 12.8. The van der Waals surface area contributed by atoms with Crippen molar-refractivity contribution in [1.29, 1.82) is 0 Å². The summed E-state index contributed by atoms with van der Waals surface area (Å²) in [7, 11) is 2.19. The van der Waals surface area contributed by atoms with Gasteiger partial charge in [-0.05, 0) is 38.4 Å². The lowest BCUT2D eigenvalue weighted by atomic mass is 10.2. The summed E-state index contributed by atoms with van der Waals surface area (Å²) in [5, 5.41) is 3.69. The van der Waals surface area contributed by atoms with Gasteiger partial charge in [0.25, 0.3) is 0 Å². The maximum absolute atomic E-state index is 4.16. The Morgan fingerprint density at radius 1 is 1.44 bits per heavy atom. The molecule has 1 heterocycles. The van der Waals surface area contributed by atoms with Crippen molar-refractivity contribution in [2.24, 2.45) is 0 Å². The summed E-state index contributed by atoms with van der Waals surface area (Å²) in [6.45, 7) is 4.35. The number of likely N-dealkylation sites (N-methyl/N-ethyl adjacent to an activating group) is 1. The Balaban J connectivity index is 1.72. The molecule has 0 spiro atoms. The molecule has 3 heteroatoms. The van der Waals surface area contributed by atoms with Gasteiger partial charge in [-0.1, -0.05) is 18.9 Å². The second kappa shape index (κ2) is 6.86. The number of hydrogen-bond acceptors (Lipinski definition) is 3. The molecule has 3 nitrogen and oxygen atoms in total. The van der Waals surface area contributed by atoms with Crippen molar-refractivity contribution in [1.82, 2.24) is 15.2 Å². The normalized spacial score (nSPS) is 18.4. The van der Waals surface area contributed by atoms with E-state index >= 15 is 0 Å². The summed E-state index contributed by atoms with van der Waals surface area (Å²) in [5.41, 5.74) is 1.28. The van der Waals surface area contributed by atoms with Gasteiger partial charge in [-0.15, -0.1) is 0 Å². The number of aromatic nitrogens is 1. The van der Waals surface area contributed by atoms with Crippen LogP contribution in [0.15, 0.2) is 24.5 Å². The van der Waals surface area contributed by atoms with Crippen LogP contribution in [0.4, 0.5) is 0 Å². The van der Waals surface area contributed by atoms with Gasteiger partial charge in [0.2, 0.25) is 0 Å². The highest BCUT2D eigenvalue weighted by atomic mass is 15.1. The summed E-state index contributed by atoms with van der Waals surface area (Å²) in [6.07, 6.45) is 9.30. The SMILES string of the molecule is CC(CNC1CCCC1)N(C)Cc1cccnc1. The Labute approximate surface area is 111 Å². The molecule has 1 aliphatic carbocycles. The summed E-state index contributed by atoms with van der Waals surface area (Å²) in [5.74, 6) is 0. The minimum Gasteiger partial charge on any atom is -0.312 e. The fourth-order valence-electron chi connectivity index (χ4n) is 2.56. The molecule has 1 atom stereocenters. The maximum atomic E-state index is 4.16. The summed E-state index contributed by atoms with van der Waals surface area (Å²) >= 11 is 0. The van der Waals surface area contributed by atoms with Crippen LogP contribution in [0.2, 0.25) is 0 Å². The smallest absolute Gasteiger partial charge is 0.0312 e. The lowest BCUT2D eigenvalue weighted by Crippen LogP contribution is -2.40. The number of rotatable bonds is 6. The number of pyridine rings is 1. The third-order valence-corrected chi connectivity index (χ3v) is 3.96. The molecular formula is C15H25N3. The van der Waals surface area contributed by atoms with Crippen LogP contribution in [0.3, 0.4) is 0 Å². The predicted molar refractivity (Wildman–Crippen MR) is 75.4 cm³/mol. The molecule has 1 aromatic rings. The first kappa shape index (κ1) is 13.5. The van der Waals surface area contributed by atoms with Gasteiger partial charge in [0.05, 0.1) is 0 Å². The molecule has 1 saturated carbocycles. The summed E-state index contributed by atoms with van der Waals surface area (Å²) < 4.78 is 0. The quantitative estimate of drug-likeness (QED) is 0.837. The molecule has 2 rings (SSSR count). The Bertz CT molecular complexity index is 333. The Kier molecular flexibility index (Phi) is 5.14. The van der Waals surface area contributed by atoms with Crippen LogP contribution in [0.25, 0.3) is 0 Å². The zero-order valence-electron chi connectivity index (χ0n) is 11.6. The van der Waals surface area contributed by atoms with Crippen LogP contribution >= 0.6 is 0 Å². The fraction of sp³-hybridized carbons (Fsp3) is 0.667. The highest BCUT2D eigenvalue weighted by molar-refractivity contribution is 5.08. The van der Waals surface area contributed by atoms with Gasteiger partial charge < -0.3 is 5.32 Å². The first-order valence-corrected chi connectivity index (χ1v) is 7.08. The van der Waals surface area contributed by atoms with Gasteiger partial charge in [-0.25, -0.2) is 0 Å². The zero-order valence-corrected chi connectivity index (χ0v) is 11.6. The Hall–Kier alpha value is -0.930. The van der Waals surface area contributed by atoms with E-state index in [0.29, 0.717) is 6.04 Å². The van der Waals surface area contributed by atoms with E-state index in [0.717, 1.165) is 19.1 Å².